The standard InChI is InChI=1S/C26H35N3O4/c30-24(31)16-19(14-18-8-2-3-9-18)25(32)28-22-15-20-17-29(23-11-5-4-10-21(20)23)13-7-1-6-12-27-26(22)33/h4-5,10-11,17-20,22H,1-3,6-9,12-16H2,(H2-,27,28,30,31,32,33)/p+1/t19-,20?,22+/m1/s1. The molecule has 0 saturated heterocycles. The topological polar surface area (TPSA) is 98.5 Å². The van der Waals surface area contributed by atoms with Gasteiger partial charge in [-0.2, -0.15) is 0 Å². The summed E-state index contributed by atoms with van der Waals surface area (Å²) in [6.07, 6.45) is 10.4. The van der Waals surface area contributed by atoms with Crippen LogP contribution < -0.4 is 10.6 Å². The molecule has 2 bridgehead atoms. The lowest BCUT2D eigenvalue weighted by atomic mass is 9.89. The highest BCUT2D eigenvalue weighted by Crippen LogP contribution is 2.35. The Morgan fingerprint density at radius 3 is 2.70 bits per heavy atom. The Bertz CT molecular complexity index is 907. The number of aliphatic carboxylic acids is 1. The average molecular weight is 455 g/mol. The quantitative estimate of drug-likeness (QED) is 0.574. The van der Waals surface area contributed by atoms with Crippen molar-refractivity contribution < 1.29 is 24.1 Å². The molecule has 2 amide bonds. The van der Waals surface area contributed by atoms with E-state index in [0.29, 0.717) is 25.3 Å². The average Bonchev–Trinajstić information content (AvgIpc) is 3.42. The zero-order valence-electron chi connectivity index (χ0n) is 19.3. The molecule has 3 aliphatic rings. The van der Waals surface area contributed by atoms with E-state index in [9.17, 15) is 19.5 Å². The zero-order valence-corrected chi connectivity index (χ0v) is 19.3. The molecule has 1 aromatic rings. The lowest BCUT2D eigenvalue weighted by Gasteiger charge is -2.24. The largest absolute Gasteiger partial charge is 0.481 e. The molecule has 2 aliphatic heterocycles. The number of nitrogens with zero attached hydrogens (tertiary/aromatic N) is 1. The van der Waals surface area contributed by atoms with Crippen molar-refractivity contribution in [2.75, 3.05) is 13.1 Å². The fourth-order valence-corrected chi connectivity index (χ4v) is 5.66. The van der Waals surface area contributed by atoms with Crippen molar-refractivity contribution in [1.82, 2.24) is 10.6 Å². The lowest BCUT2D eigenvalue weighted by molar-refractivity contribution is -0.433. The first-order valence-corrected chi connectivity index (χ1v) is 12.5. The Morgan fingerprint density at radius 1 is 1.12 bits per heavy atom. The minimum Gasteiger partial charge on any atom is -0.481 e. The van der Waals surface area contributed by atoms with Gasteiger partial charge in [-0.25, -0.2) is 4.58 Å². The second-order valence-corrected chi connectivity index (χ2v) is 9.84. The van der Waals surface area contributed by atoms with E-state index in [-0.39, 0.29) is 24.2 Å². The summed E-state index contributed by atoms with van der Waals surface area (Å²) in [5.74, 6) is -1.62. The predicted molar refractivity (Wildman–Crippen MR) is 126 cm³/mol. The van der Waals surface area contributed by atoms with Gasteiger partial charge < -0.3 is 15.7 Å². The van der Waals surface area contributed by atoms with Gasteiger partial charge in [0.1, 0.15) is 12.6 Å². The smallest absolute Gasteiger partial charge is 0.304 e. The van der Waals surface area contributed by atoms with Crippen molar-refractivity contribution in [2.45, 2.75) is 76.2 Å². The number of rotatable bonds is 6. The van der Waals surface area contributed by atoms with Crippen molar-refractivity contribution in [3.8, 4) is 0 Å². The molecule has 1 aromatic carbocycles. The molecular weight excluding hydrogens is 418 g/mol. The molecule has 7 nitrogen and oxygen atoms in total. The van der Waals surface area contributed by atoms with Crippen molar-refractivity contribution in [1.29, 1.82) is 0 Å². The van der Waals surface area contributed by atoms with Gasteiger partial charge in [0.2, 0.25) is 17.5 Å². The summed E-state index contributed by atoms with van der Waals surface area (Å²) in [6.45, 7) is 1.54. The highest BCUT2D eigenvalue weighted by atomic mass is 16.4. The molecule has 1 saturated carbocycles. The van der Waals surface area contributed by atoms with E-state index in [2.05, 4.69) is 33.6 Å². The monoisotopic (exact) mass is 454 g/mol. The van der Waals surface area contributed by atoms with Crippen LogP contribution in [0.25, 0.3) is 0 Å². The number of benzene rings is 1. The zero-order chi connectivity index (χ0) is 23.2. The van der Waals surface area contributed by atoms with E-state index in [1.165, 1.54) is 11.3 Å². The van der Waals surface area contributed by atoms with Crippen LogP contribution in [0, 0.1) is 11.8 Å². The lowest BCUT2D eigenvalue weighted by Crippen LogP contribution is -2.49. The predicted octanol–water partition coefficient (Wildman–Crippen LogP) is 3.34. The number of carboxylic acids is 1. The van der Waals surface area contributed by atoms with Crippen molar-refractivity contribution in [3.05, 3.63) is 29.8 Å². The Morgan fingerprint density at radius 2 is 1.91 bits per heavy atom. The van der Waals surface area contributed by atoms with Crippen molar-refractivity contribution in [2.24, 2.45) is 11.8 Å². The first-order valence-electron chi connectivity index (χ1n) is 12.5. The fourth-order valence-electron chi connectivity index (χ4n) is 5.66. The Kier molecular flexibility index (Phi) is 7.78. The Balaban J connectivity index is 1.53. The molecule has 33 heavy (non-hydrogen) atoms. The minimum atomic E-state index is -0.968. The van der Waals surface area contributed by atoms with Gasteiger partial charge >= 0.3 is 5.97 Å². The van der Waals surface area contributed by atoms with Crippen molar-refractivity contribution >= 4 is 29.7 Å². The summed E-state index contributed by atoms with van der Waals surface area (Å²) in [4.78, 5) is 37.8. The second-order valence-electron chi connectivity index (χ2n) is 9.84. The number of para-hydroxylation sites is 1. The summed E-state index contributed by atoms with van der Waals surface area (Å²) in [7, 11) is 0. The van der Waals surface area contributed by atoms with Crippen LogP contribution in [-0.4, -0.2) is 52.8 Å². The maximum Gasteiger partial charge on any atom is 0.304 e. The van der Waals surface area contributed by atoms with Gasteiger partial charge in [0.15, 0.2) is 6.21 Å². The number of carbonyl (C=O) groups is 3. The van der Waals surface area contributed by atoms with Crippen LogP contribution in [0.1, 0.15) is 75.7 Å². The van der Waals surface area contributed by atoms with E-state index in [4.69, 9.17) is 0 Å². The van der Waals surface area contributed by atoms with Crippen LogP contribution in [0.5, 0.6) is 0 Å². The summed E-state index contributed by atoms with van der Waals surface area (Å²) in [6, 6.07) is 7.57. The fraction of sp³-hybridized carbons (Fsp3) is 0.615. The normalized spacial score (nSPS) is 24.6. The van der Waals surface area contributed by atoms with Crippen LogP contribution in [0.3, 0.4) is 0 Å². The van der Waals surface area contributed by atoms with Crippen LogP contribution in [0.2, 0.25) is 0 Å². The molecule has 0 aromatic heterocycles. The SMILES string of the molecule is O=C(O)C[C@@H](CC1CCCC1)C(=O)N[C@H]1CC2C=[N+](CCCCCNC1=O)c1ccccc12. The third-order valence-corrected chi connectivity index (χ3v) is 7.39. The molecule has 7 heteroatoms. The number of nitrogens with one attached hydrogen (secondary N) is 2. The first kappa shape index (κ1) is 23.5. The molecule has 3 atom stereocenters. The maximum absolute atomic E-state index is 13.2. The molecule has 178 valence electrons. The molecule has 4 rings (SSSR count). The summed E-state index contributed by atoms with van der Waals surface area (Å²) in [5.41, 5.74) is 2.36. The summed E-state index contributed by atoms with van der Waals surface area (Å²) >= 11 is 0. The number of fused-ring (bicyclic) bond motifs is 4. The third kappa shape index (κ3) is 6.01. The van der Waals surface area contributed by atoms with Crippen LogP contribution in [0.4, 0.5) is 5.69 Å². The van der Waals surface area contributed by atoms with E-state index < -0.39 is 17.9 Å². The molecule has 3 N–H and O–H groups in total. The molecule has 1 fully saturated rings. The summed E-state index contributed by atoms with van der Waals surface area (Å²) < 4.78 is 2.28. The van der Waals surface area contributed by atoms with E-state index in [1.54, 1.807) is 0 Å². The molecule has 1 aliphatic carbocycles. The first-order chi connectivity index (χ1) is 16.0. The molecule has 0 spiro atoms. The molecule has 1 unspecified atom stereocenters. The van der Waals surface area contributed by atoms with E-state index in [0.717, 1.165) is 51.5 Å². The number of hydrogen-bond acceptors (Lipinski definition) is 3. The van der Waals surface area contributed by atoms with Gasteiger partial charge in [-0.05, 0) is 31.6 Å². The summed E-state index contributed by atoms with van der Waals surface area (Å²) in [5, 5.41) is 15.4. The van der Waals surface area contributed by atoms with Gasteiger partial charge in [-0.15, -0.1) is 0 Å². The van der Waals surface area contributed by atoms with Gasteiger partial charge in [-0.3, -0.25) is 14.4 Å². The number of hydrogen-bond donors (Lipinski definition) is 3. The Hall–Kier alpha value is -2.70. The van der Waals surface area contributed by atoms with Gasteiger partial charge in [0, 0.05) is 30.5 Å². The van der Waals surface area contributed by atoms with Crippen LogP contribution >= 0.6 is 0 Å². The second kappa shape index (κ2) is 10.9. The van der Waals surface area contributed by atoms with Gasteiger partial charge in [0.25, 0.3) is 0 Å². The van der Waals surface area contributed by atoms with Crippen LogP contribution in [-0.2, 0) is 14.4 Å². The highest BCUT2D eigenvalue weighted by molar-refractivity contribution is 5.90. The molecule has 2 heterocycles. The number of amides is 2. The number of carbonyl (C=O) groups excluding carboxylic acids is 2. The van der Waals surface area contributed by atoms with E-state index >= 15 is 0 Å². The molecular formula is C26H36N3O4+. The number of carboxylic acid groups (broad SMARTS) is 1. The highest BCUT2D eigenvalue weighted by Gasteiger charge is 2.36. The van der Waals surface area contributed by atoms with Gasteiger partial charge in [-0.1, -0.05) is 43.9 Å². The molecule has 0 radical (unpaired) electrons. The minimum absolute atomic E-state index is 0.0319. The van der Waals surface area contributed by atoms with Gasteiger partial charge in [0.05, 0.1) is 12.3 Å². The van der Waals surface area contributed by atoms with Crippen molar-refractivity contribution in [3.63, 3.8) is 0 Å². The Labute approximate surface area is 195 Å². The van der Waals surface area contributed by atoms with Crippen LogP contribution in [0.15, 0.2) is 24.3 Å². The maximum atomic E-state index is 13.2. The third-order valence-electron chi connectivity index (χ3n) is 7.39. The van der Waals surface area contributed by atoms with E-state index in [1.807, 2.05) is 12.1 Å².